The molecule has 0 aliphatic carbocycles. The first kappa shape index (κ1) is 12.9. The standard InChI is InChI=1S/C11H12BrN5O/c1-18-6-7-5-9(17-13)16-11(15-7)10-8(12)3-2-4-14-10/h2-5H,6,13H2,1H3,(H,15,16,17). The molecule has 2 aromatic heterocycles. The van der Waals surface area contributed by atoms with Crippen molar-refractivity contribution in [1.82, 2.24) is 15.0 Å². The number of rotatable bonds is 4. The fourth-order valence-electron chi connectivity index (χ4n) is 1.45. The molecule has 0 aliphatic rings. The van der Waals surface area contributed by atoms with Crippen LogP contribution in [0.2, 0.25) is 0 Å². The van der Waals surface area contributed by atoms with E-state index < -0.39 is 0 Å². The molecule has 7 heteroatoms. The van der Waals surface area contributed by atoms with Crippen LogP contribution in [0.15, 0.2) is 28.9 Å². The fraction of sp³-hybridized carbons (Fsp3) is 0.182. The van der Waals surface area contributed by atoms with Gasteiger partial charge in [0.05, 0.1) is 12.3 Å². The molecule has 0 aromatic carbocycles. The van der Waals surface area contributed by atoms with Gasteiger partial charge in [0.15, 0.2) is 5.82 Å². The summed E-state index contributed by atoms with van der Waals surface area (Å²) < 4.78 is 5.88. The summed E-state index contributed by atoms with van der Waals surface area (Å²) in [7, 11) is 1.61. The molecule has 0 atom stereocenters. The molecule has 94 valence electrons. The van der Waals surface area contributed by atoms with E-state index >= 15 is 0 Å². The number of halogens is 1. The molecule has 0 saturated carbocycles. The van der Waals surface area contributed by atoms with Gasteiger partial charge in [-0.2, -0.15) is 0 Å². The van der Waals surface area contributed by atoms with E-state index in [1.165, 1.54) is 0 Å². The van der Waals surface area contributed by atoms with Gasteiger partial charge in [-0.15, -0.1) is 0 Å². The van der Waals surface area contributed by atoms with Crippen molar-refractivity contribution in [2.45, 2.75) is 6.61 Å². The molecule has 3 N–H and O–H groups in total. The Bertz CT molecular complexity index is 549. The van der Waals surface area contributed by atoms with Crippen molar-refractivity contribution in [2.24, 2.45) is 5.84 Å². The third kappa shape index (κ3) is 2.81. The van der Waals surface area contributed by atoms with E-state index in [1.54, 1.807) is 19.4 Å². The molecule has 0 radical (unpaired) electrons. The van der Waals surface area contributed by atoms with Crippen molar-refractivity contribution in [3.63, 3.8) is 0 Å². The van der Waals surface area contributed by atoms with Crippen molar-refractivity contribution in [3.8, 4) is 11.5 Å². The number of anilines is 1. The summed E-state index contributed by atoms with van der Waals surface area (Å²) in [5.74, 6) is 6.40. The highest BCUT2D eigenvalue weighted by molar-refractivity contribution is 9.10. The zero-order valence-corrected chi connectivity index (χ0v) is 11.3. The molecule has 0 fully saturated rings. The largest absolute Gasteiger partial charge is 0.378 e. The van der Waals surface area contributed by atoms with Crippen LogP contribution in [0.1, 0.15) is 5.69 Å². The van der Waals surface area contributed by atoms with E-state index in [2.05, 4.69) is 36.3 Å². The molecule has 2 rings (SSSR count). The maximum Gasteiger partial charge on any atom is 0.181 e. The molecular formula is C11H12BrN5O. The number of hydrogen-bond acceptors (Lipinski definition) is 6. The molecule has 0 saturated heterocycles. The van der Waals surface area contributed by atoms with Gasteiger partial charge in [-0.05, 0) is 28.1 Å². The molecule has 0 spiro atoms. The van der Waals surface area contributed by atoms with Crippen molar-refractivity contribution in [2.75, 3.05) is 12.5 Å². The highest BCUT2D eigenvalue weighted by atomic mass is 79.9. The lowest BCUT2D eigenvalue weighted by Crippen LogP contribution is -2.11. The van der Waals surface area contributed by atoms with Gasteiger partial charge in [-0.1, -0.05) is 0 Å². The monoisotopic (exact) mass is 309 g/mol. The number of nitrogen functional groups attached to an aromatic ring is 1. The van der Waals surface area contributed by atoms with Crippen molar-refractivity contribution in [3.05, 3.63) is 34.6 Å². The maximum absolute atomic E-state index is 5.39. The molecule has 0 aliphatic heterocycles. The van der Waals surface area contributed by atoms with Crippen LogP contribution in [-0.2, 0) is 11.3 Å². The second kappa shape index (κ2) is 5.85. The molecule has 0 amide bonds. The summed E-state index contributed by atoms with van der Waals surface area (Å²) in [6.45, 7) is 0.384. The SMILES string of the molecule is COCc1cc(NN)nc(-c2ncccc2Br)n1. The van der Waals surface area contributed by atoms with Gasteiger partial charge >= 0.3 is 0 Å². The Labute approximate surface area is 113 Å². The Morgan fingerprint density at radius 1 is 1.44 bits per heavy atom. The van der Waals surface area contributed by atoms with E-state index in [0.717, 1.165) is 10.2 Å². The highest BCUT2D eigenvalue weighted by Gasteiger charge is 2.10. The van der Waals surface area contributed by atoms with E-state index in [9.17, 15) is 0 Å². The number of nitrogens with two attached hydrogens (primary N) is 1. The lowest BCUT2D eigenvalue weighted by molar-refractivity contribution is 0.181. The number of pyridine rings is 1. The molecule has 6 nitrogen and oxygen atoms in total. The molecule has 18 heavy (non-hydrogen) atoms. The van der Waals surface area contributed by atoms with E-state index in [4.69, 9.17) is 10.6 Å². The first-order chi connectivity index (χ1) is 8.74. The van der Waals surface area contributed by atoms with E-state index in [-0.39, 0.29) is 0 Å². The van der Waals surface area contributed by atoms with Gasteiger partial charge in [-0.3, -0.25) is 4.98 Å². The van der Waals surface area contributed by atoms with Crippen LogP contribution in [0, 0.1) is 0 Å². The zero-order valence-electron chi connectivity index (χ0n) is 9.72. The molecule has 2 aromatic rings. The summed E-state index contributed by atoms with van der Waals surface area (Å²) >= 11 is 3.42. The Hall–Kier alpha value is -1.57. The average Bonchev–Trinajstić information content (AvgIpc) is 2.39. The topological polar surface area (TPSA) is 86.0 Å². The second-order valence-electron chi connectivity index (χ2n) is 3.48. The zero-order chi connectivity index (χ0) is 13.0. The third-order valence-corrected chi connectivity index (χ3v) is 2.83. The Kier molecular flexibility index (Phi) is 4.19. The van der Waals surface area contributed by atoms with Gasteiger partial charge in [-0.25, -0.2) is 15.8 Å². The van der Waals surface area contributed by atoms with Gasteiger partial charge in [0, 0.05) is 23.8 Å². The molecule has 0 unspecified atom stereocenters. The van der Waals surface area contributed by atoms with E-state index in [1.807, 2.05) is 12.1 Å². The second-order valence-corrected chi connectivity index (χ2v) is 4.33. The Morgan fingerprint density at radius 3 is 2.94 bits per heavy atom. The van der Waals surface area contributed by atoms with Gasteiger partial charge in [0.1, 0.15) is 11.5 Å². The van der Waals surface area contributed by atoms with Crippen molar-refractivity contribution in [1.29, 1.82) is 0 Å². The Balaban J connectivity index is 2.50. The third-order valence-electron chi connectivity index (χ3n) is 2.19. The van der Waals surface area contributed by atoms with Crippen LogP contribution in [0.5, 0.6) is 0 Å². The fourth-order valence-corrected chi connectivity index (χ4v) is 1.88. The van der Waals surface area contributed by atoms with Gasteiger partial charge in [0.2, 0.25) is 0 Å². The number of hydrazine groups is 1. The summed E-state index contributed by atoms with van der Waals surface area (Å²) in [5, 5.41) is 0. The quantitative estimate of drug-likeness (QED) is 0.661. The maximum atomic E-state index is 5.39. The predicted octanol–water partition coefficient (Wildman–Crippen LogP) is 1.73. The lowest BCUT2D eigenvalue weighted by atomic mass is 10.3. The Morgan fingerprint density at radius 2 is 2.28 bits per heavy atom. The minimum Gasteiger partial charge on any atom is -0.378 e. The minimum atomic E-state index is 0.384. The number of ether oxygens (including phenoxy) is 1. The highest BCUT2D eigenvalue weighted by Crippen LogP contribution is 2.23. The summed E-state index contributed by atoms with van der Waals surface area (Å²) in [4.78, 5) is 12.9. The first-order valence-corrected chi connectivity index (χ1v) is 5.98. The van der Waals surface area contributed by atoms with Gasteiger partial charge < -0.3 is 10.2 Å². The number of hydrogen-bond donors (Lipinski definition) is 2. The summed E-state index contributed by atoms with van der Waals surface area (Å²) in [6.07, 6.45) is 1.68. The minimum absolute atomic E-state index is 0.384. The smallest absolute Gasteiger partial charge is 0.181 e. The molecule has 0 bridgehead atoms. The average molecular weight is 310 g/mol. The first-order valence-electron chi connectivity index (χ1n) is 5.19. The molecule has 2 heterocycles. The van der Waals surface area contributed by atoms with Crippen LogP contribution in [-0.4, -0.2) is 22.1 Å². The van der Waals surface area contributed by atoms with Crippen LogP contribution >= 0.6 is 15.9 Å². The number of nitrogens with one attached hydrogen (secondary N) is 1. The number of aromatic nitrogens is 3. The van der Waals surface area contributed by atoms with Crippen LogP contribution in [0.3, 0.4) is 0 Å². The van der Waals surface area contributed by atoms with Crippen LogP contribution in [0.25, 0.3) is 11.5 Å². The van der Waals surface area contributed by atoms with Crippen molar-refractivity contribution >= 4 is 21.7 Å². The van der Waals surface area contributed by atoms with E-state index in [0.29, 0.717) is 23.9 Å². The lowest BCUT2D eigenvalue weighted by Gasteiger charge is -2.07. The summed E-state index contributed by atoms with van der Waals surface area (Å²) in [5.41, 5.74) is 3.89. The van der Waals surface area contributed by atoms with Crippen LogP contribution < -0.4 is 11.3 Å². The summed E-state index contributed by atoms with van der Waals surface area (Å²) in [6, 6.07) is 5.43. The van der Waals surface area contributed by atoms with Crippen LogP contribution in [0.4, 0.5) is 5.82 Å². The van der Waals surface area contributed by atoms with Gasteiger partial charge in [0.25, 0.3) is 0 Å². The predicted molar refractivity (Wildman–Crippen MR) is 71.5 cm³/mol. The molecular weight excluding hydrogens is 298 g/mol. The van der Waals surface area contributed by atoms with Crippen molar-refractivity contribution < 1.29 is 4.74 Å². The number of nitrogens with zero attached hydrogens (tertiary/aromatic N) is 3. The number of methoxy groups -OCH3 is 1. The normalized spacial score (nSPS) is 10.4.